The minimum absolute atomic E-state index is 0.0925. The standard InChI is InChI=1S/C12H14N4O4/c13-9-3-1-2-8(11(9)16(19)20)12(18)14-6-10(17)15-7-4-5-7/h1-3,7H,4-6,13H2,(H,14,18)(H,15,17). The lowest BCUT2D eigenvalue weighted by molar-refractivity contribution is -0.384. The van der Waals surface area contributed by atoms with Gasteiger partial charge in [0.05, 0.1) is 11.5 Å². The Hall–Kier alpha value is -2.64. The van der Waals surface area contributed by atoms with E-state index in [1.165, 1.54) is 18.2 Å². The molecule has 8 nitrogen and oxygen atoms in total. The van der Waals surface area contributed by atoms with E-state index < -0.39 is 16.5 Å². The Kier molecular flexibility index (Phi) is 3.83. The highest BCUT2D eigenvalue weighted by molar-refractivity contribution is 6.01. The van der Waals surface area contributed by atoms with Gasteiger partial charge in [0.25, 0.3) is 5.91 Å². The molecule has 0 atom stereocenters. The highest BCUT2D eigenvalue weighted by atomic mass is 16.6. The molecule has 0 unspecified atom stereocenters. The zero-order valence-corrected chi connectivity index (χ0v) is 10.6. The molecule has 2 amide bonds. The fourth-order valence-electron chi connectivity index (χ4n) is 1.71. The summed E-state index contributed by atoms with van der Waals surface area (Å²) in [5, 5.41) is 15.9. The summed E-state index contributed by atoms with van der Waals surface area (Å²) in [4.78, 5) is 33.5. The molecular weight excluding hydrogens is 264 g/mol. The zero-order chi connectivity index (χ0) is 14.7. The number of benzene rings is 1. The molecule has 1 saturated carbocycles. The Labute approximate surface area is 114 Å². The number of hydrogen-bond acceptors (Lipinski definition) is 5. The maximum Gasteiger partial charge on any atom is 0.304 e. The number of nitrogen functional groups attached to an aromatic ring is 1. The van der Waals surface area contributed by atoms with E-state index in [1.54, 1.807) is 0 Å². The predicted octanol–water partition coefficient (Wildman–Crippen LogP) is 0.185. The van der Waals surface area contributed by atoms with Gasteiger partial charge in [0, 0.05) is 6.04 Å². The van der Waals surface area contributed by atoms with Crippen LogP contribution in [0.15, 0.2) is 18.2 Å². The number of nitrogens with zero attached hydrogens (tertiary/aromatic N) is 1. The molecule has 0 bridgehead atoms. The normalized spacial score (nSPS) is 13.6. The van der Waals surface area contributed by atoms with Gasteiger partial charge in [0.1, 0.15) is 11.3 Å². The van der Waals surface area contributed by atoms with Gasteiger partial charge < -0.3 is 16.4 Å². The first-order valence-electron chi connectivity index (χ1n) is 6.09. The molecule has 1 aliphatic carbocycles. The predicted molar refractivity (Wildman–Crippen MR) is 71.0 cm³/mol. The summed E-state index contributed by atoms with van der Waals surface area (Å²) in [6, 6.07) is 4.28. The first-order chi connectivity index (χ1) is 9.49. The number of rotatable bonds is 5. The summed E-state index contributed by atoms with van der Waals surface area (Å²) in [7, 11) is 0. The third kappa shape index (κ3) is 3.22. The van der Waals surface area contributed by atoms with Crippen molar-refractivity contribution in [1.29, 1.82) is 0 Å². The zero-order valence-electron chi connectivity index (χ0n) is 10.6. The van der Waals surface area contributed by atoms with Crippen molar-refractivity contribution in [3.63, 3.8) is 0 Å². The SMILES string of the molecule is Nc1cccc(C(=O)NCC(=O)NC2CC2)c1[N+](=O)[O-]. The van der Waals surface area contributed by atoms with Crippen LogP contribution in [-0.2, 0) is 4.79 Å². The maximum absolute atomic E-state index is 11.9. The van der Waals surface area contributed by atoms with Crippen molar-refractivity contribution in [2.45, 2.75) is 18.9 Å². The Morgan fingerprint density at radius 2 is 2.10 bits per heavy atom. The fraction of sp³-hybridized carbons (Fsp3) is 0.333. The van der Waals surface area contributed by atoms with Gasteiger partial charge in [0.15, 0.2) is 0 Å². The number of nitrogens with one attached hydrogen (secondary N) is 2. The van der Waals surface area contributed by atoms with Gasteiger partial charge in [0.2, 0.25) is 5.91 Å². The van der Waals surface area contributed by atoms with E-state index >= 15 is 0 Å². The third-order valence-corrected chi connectivity index (χ3v) is 2.85. The van der Waals surface area contributed by atoms with Crippen LogP contribution in [0.2, 0.25) is 0 Å². The van der Waals surface area contributed by atoms with Crippen LogP contribution in [-0.4, -0.2) is 29.3 Å². The van der Waals surface area contributed by atoms with Crippen molar-refractivity contribution in [1.82, 2.24) is 10.6 Å². The summed E-state index contributed by atoms with van der Waals surface area (Å²) in [6.45, 7) is -0.221. The molecule has 4 N–H and O–H groups in total. The molecule has 0 aliphatic heterocycles. The average Bonchev–Trinajstić information content (AvgIpc) is 3.19. The largest absolute Gasteiger partial charge is 0.393 e. The summed E-state index contributed by atoms with van der Waals surface area (Å²) >= 11 is 0. The number of nitro benzene ring substituents is 1. The molecule has 0 heterocycles. The van der Waals surface area contributed by atoms with Crippen molar-refractivity contribution in [2.75, 3.05) is 12.3 Å². The molecule has 106 valence electrons. The number of carbonyl (C=O) groups is 2. The topological polar surface area (TPSA) is 127 Å². The summed E-state index contributed by atoms with van der Waals surface area (Å²) in [6.07, 6.45) is 1.89. The van der Waals surface area contributed by atoms with E-state index in [0.717, 1.165) is 12.8 Å². The Morgan fingerprint density at radius 1 is 1.40 bits per heavy atom. The molecular formula is C12H14N4O4. The smallest absolute Gasteiger partial charge is 0.304 e. The number of amides is 2. The second-order valence-electron chi connectivity index (χ2n) is 4.52. The minimum atomic E-state index is -0.714. The molecule has 2 rings (SSSR count). The number of nitrogens with two attached hydrogens (primary N) is 1. The second kappa shape index (κ2) is 5.55. The summed E-state index contributed by atoms with van der Waals surface area (Å²) < 4.78 is 0. The molecule has 1 aromatic carbocycles. The van der Waals surface area contributed by atoms with E-state index in [-0.39, 0.29) is 29.7 Å². The summed E-state index contributed by atoms with van der Waals surface area (Å²) in [5.74, 6) is -1.01. The van der Waals surface area contributed by atoms with E-state index in [4.69, 9.17) is 5.73 Å². The van der Waals surface area contributed by atoms with Crippen LogP contribution in [0.5, 0.6) is 0 Å². The van der Waals surface area contributed by atoms with Crippen LogP contribution in [0.4, 0.5) is 11.4 Å². The maximum atomic E-state index is 11.9. The highest BCUT2D eigenvalue weighted by Crippen LogP contribution is 2.25. The lowest BCUT2D eigenvalue weighted by Crippen LogP contribution is -2.38. The summed E-state index contributed by atoms with van der Waals surface area (Å²) in [5.41, 5.74) is 4.79. The van der Waals surface area contributed by atoms with Crippen molar-refractivity contribution in [2.24, 2.45) is 0 Å². The van der Waals surface area contributed by atoms with E-state index in [1.807, 2.05) is 0 Å². The number of nitro groups is 1. The molecule has 0 radical (unpaired) electrons. The van der Waals surface area contributed by atoms with Crippen molar-refractivity contribution in [3.8, 4) is 0 Å². The minimum Gasteiger partial charge on any atom is -0.393 e. The van der Waals surface area contributed by atoms with Crippen LogP contribution in [0.25, 0.3) is 0 Å². The second-order valence-corrected chi connectivity index (χ2v) is 4.52. The third-order valence-electron chi connectivity index (χ3n) is 2.85. The first kappa shape index (κ1) is 13.8. The van der Waals surface area contributed by atoms with Crippen molar-refractivity contribution in [3.05, 3.63) is 33.9 Å². The highest BCUT2D eigenvalue weighted by Gasteiger charge is 2.25. The molecule has 0 spiro atoms. The lowest BCUT2D eigenvalue weighted by Gasteiger charge is -2.07. The number of anilines is 1. The molecule has 20 heavy (non-hydrogen) atoms. The van der Waals surface area contributed by atoms with E-state index in [9.17, 15) is 19.7 Å². The molecule has 1 aromatic rings. The van der Waals surface area contributed by atoms with Gasteiger partial charge in [-0.15, -0.1) is 0 Å². The molecule has 0 saturated heterocycles. The van der Waals surface area contributed by atoms with Gasteiger partial charge in [-0.1, -0.05) is 6.07 Å². The molecule has 1 aliphatic rings. The van der Waals surface area contributed by atoms with Crippen LogP contribution in [0, 0.1) is 10.1 Å². The number of hydrogen-bond donors (Lipinski definition) is 3. The van der Waals surface area contributed by atoms with Crippen molar-refractivity contribution < 1.29 is 14.5 Å². The molecule has 0 aromatic heterocycles. The number of carbonyl (C=O) groups excluding carboxylic acids is 2. The van der Waals surface area contributed by atoms with Crippen LogP contribution < -0.4 is 16.4 Å². The average molecular weight is 278 g/mol. The van der Waals surface area contributed by atoms with Gasteiger partial charge in [-0.2, -0.15) is 0 Å². The van der Waals surface area contributed by atoms with Gasteiger partial charge in [-0.3, -0.25) is 19.7 Å². The van der Waals surface area contributed by atoms with Crippen LogP contribution in [0.1, 0.15) is 23.2 Å². The quantitative estimate of drug-likeness (QED) is 0.402. The van der Waals surface area contributed by atoms with Crippen LogP contribution >= 0.6 is 0 Å². The lowest BCUT2D eigenvalue weighted by atomic mass is 10.1. The Bertz CT molecular complexity index is 569. The molecule has 8 heteroatoms. The number of para-hydroxylation sites is 1. The van der Waals surface area contributed by atoms with E-state index in [2.05, 4.69) is 10.6 Å². The van der Waals surface area contributed by atoms with Gasteiger partial charge in [-0.05, 0) is 25.0 Å². The van der Waals surface area contributed by atoms with Gasteiger partial charge in [-0.25, -0.2) is 0 Å². The van der Waals surface area contributed by atoms with E-state index in [0.29, 0.717) is 0 Å². The first-order valence-corrected chi connectivity index (χ1v) is 6.09. The Balaban J connectivity index is 2.03. The molecule has 1 fully saturated rings. The van der Waals surface area contributed by atoms with Crippen LogP contribution in [0.3, 0.4) is 0 Å². The fourth-order valence-corrected chi connectivity index (χ4v) is 1.71. The van der Waals surface area contributed by atoms with Gasteiger partial charge >= 0.3 is 5.69 Å². The Morgan fingerprint density at radius 3 is 2.70 bits per heavy atom. The monoisotopic (exact) mass is 278 g/mol. The van der Waals surface area contributed by atoms with Crippen molar-refractivity contribution >= 4 is 23.2 Å².